The molecule has 3 aliphatic rings. The van der Waals surface area contributed by atoms with Gasteiger partial charge in [-0.1, -0.05) is 39.8 Å². The maximum atomic E-state index is 13.7. The molecule has 6 nitrogen and oxygen atoms in total. The summed E-state index contributed by atoms with van der Waals surface area (Å²) in [7, 11) is -0.803. The topological polar surface area (TPSA) is 78.9 Å². The summed E-state index contributed by atoms with van der Waals surface area (Å²) in [5, 5.41) is 0. The van der Waals surface area contributed by atoms with E-state index in [9.17, 15) is 14.4 Å². The highest BCUT2D eigenvalue weighted by molar-refractivity contribution is 6.73. The Labute approximate surface area is 174 Å². The maximum absolute atomic E-state index is 13.7. The van der Waals surface area contributed by atoms with Crippen LogP contribution in [0.2, 0.25) is 18.1 Å². The molecule has 162 valence electrons. The summed E-state index contributed by atoms with van der Waals surface area (Å²) in [4.78, 5) is 38.8. The van der Waals surface area contributed by atoms with Gasteiger partial charge in [-0.2, -0.15) is 0 Å². The molecule has 1 unspecified atom stereocenters. The van der Waals surface area contributed by atoms with Gasteiger partial charge in [0.05, 0.1) is 18.9 Å². The lowest BCUT2D eigenvalue weighted by Gasteiger charge is -2.53. The number of rotatable bonds is 7. The van der Waals surface area contributed by atoms with E-state index >= 15 is 0 Å². The zero-order chi connectivity index (χ0) is 21.6. The molecule has 1 saturated carbocycles. The molecule has 0 radical (unpaired) electrons. The lowest BCUT2D eigenvalue weighted by Crippen LogP contribution is -2.63. The first kappa shape index (κ1) is 22.2. The minimum Gasteiger partial charge on any atom is -0.469 e. The number of esters is 2. The molecular formula is C22H34O6Si. The van der Waals surface area contributed by atoms with Gasteiger partial charge in [0.1, 0.15) is 12.2 Å². The standard InChI is InChI=1S/C22H34O6Si/c1-7-29(8-2,9-3)28-17-16(24)14(13-15(23)26-6)21(4)11-10-12-22(5)19(21)18(17)27-20(22)25/h10-11,14,17-19H,7-9,12-13H2,1-6H3/t14-,17?,18-,19+,21+,22+/m0/s1. The van der Waals surface area contributed by atoms with Gasteiger partial charge in [0, 0.05) is 17.3 Å². The first-order chi connectivity index (χ1) is 13.6. The van der Waals surface area contributed by atoms with E-state index in [0.29, 0.717) is 6.42 Å². The van der Waals surface area contributed by atoms with Gasteiger partial charge in [-0.15, -0.1) is 0 Å². The largest absolute Gasteiger partial charge is 0.469 e. The highest BCUT2D eigenvalue weighted by atomic mass is 28.4. The molecule has 3 rings (SSSR count). The summed E-state index contributed by atoms with van der Waals surface area (Å²) in [6, 6.07) is 2.68. The van der Waals surface area contributed by atoms with Crippen LogP contribution in [0, 0.1) is 22.7 Å². The van der Waals surface area contributed by atoms with Gasteiger partial charge in [-0.25, -0.2) is 0 Å². The van der Waals surface area contributed by atoms with Crippen LogP contribution in [0.5, 0.6) is 0 Å². The Hall–Kier alpha value is -1.47. The molecule has 6 atom stereocenters. The van der Waals surface area contributed by atoms with E-state index in [1.807, 2.05) is 26.0 Å². The molecule has 0 aromatic carbocycles. The molecule has 0 aromatic heterocycles. The predicted molar refractivity (Wildman–Crippen MR) is 111 cm³/mol. The lowest BCUT2D eigenvalue weighted by atomic mass is 9.49. The second kappa shape index (κ2) is 7.65. The fraction of sp³-hybridized carbons (Fsp3) is 0.773. The van der Waals surface area contributed by atoms with Crippen LogP contribution in [-0.2, 0) is 28.3 Å². The highest BCUT2D eigenvalue weighted by Gasteiger charge is 2.70. The second-order valence-corrected chi connectivity index (χ2v) is 14.0. The van der Waals surface area contributed by atoms with Crippen LogP contribution in [0.15, 0.2) is 12.2 Å². The minimum atomic E-state index is -2.14. The number of Topliss-reactive ketones (excluding diaryl/α,β-unsaturated/α-hetero) is 1. The fourth-order valence-corrected chi connectivity index (χ4v) is 8.72. The molecule has 29 heavy (non-hydrogen) atoms. The average molecular weight is 423 g/mol. The maximum Gasteiger partial charge on any atom is 0.312 e. The van der Waals surface area contributed by atoms with Gasteiger partial charge < -0.3 is 13.9 Å². The smallest absolute Gasteiger partial charge is 0.312 e. The minimum absolute atomic E-state index is 0.0115. The van der Waals surface area contributed by atoms with E-state index in [-0.39, 0.29) is 24.1 Å². The average Bonchev–Trinajstić information content (AvgIpc) is 2.98. The third kappa shape index (κ3) is 3.21. The highest BCUT2D eigenvalue weighted by Crippen LogP contribution is 2.62. The molecule has 0 N–H and O–H groups in total. The van der Waals surface area contributed by atoms with Crippen LogP contribution in [0.3, 0.4) is 0 Å². The van der Waals surface area contributed by atoms with Crippen LogP contribution in [0.25, 0.3) is 0 Å². The van der Waals surface area contributed by atoms with Gasteiger partial charge in [-0.05, 0) is 31.5 Å². The number of hydrogen-bond acceptors (Lipinski definition) is 6. The van der Waals surface area contributed by atoms with Crippen molar-refractivity contribution >= 4 is 26.0 Å². The molecule has 2 aliphatic carbocycles. The SMILES string of the molecule is CC[Si](CC)(CC)OC1C(=O)[C@H](CC(=O)OC)[C@@]2(C)C=CC[C@@]3(C)C(=O)O[C@@H]1[C@H]23. The molecule has 0 aromatic rings. The molecular weight excluding hydrogens is 388 g/mol. The summed E-state index contributed by atoms with van der Waals surface area (Å²) in [5.41, 5.74) is -1.36. The van der Waals surface area contributed by atoms with Gasteiger partial charge in [0.2, 0.25) is 0 Å². The van der Waals surface area contributed by atoms with E-state index < -0.39 is 43.2 Å². The van der Waals surface area contributed by atoms with Crippen molar-refractivity contribution in [2.45, 2.75) is 77.8 Å². The van der Waals surface area contributed by atoms with Crippen LogP contribution in [-0.4, -0.2) is 45.4 Å². The molecule has 1 aliphatic heterocycles. The normalized spacial score (nSPS) is 38.6. The number of ketones is 1. The van der Waals surface area contributed by atoms with Crippen molar-refractivity contribution in [3.8, 4) is 0 Å². The number of carbonyl (C=O) groups excluding carboxylic acids is 3. The Bertz CT molecular complexity index is 721. The Kier molecular flexibility index (Phi) is 5.86. The van der Waals surface area contributed by atoms with E-state index in [0.717, 1.165) is 18.1 Å². The molecule has 7 heteroatoms. The zero-order valence-electron chi connectivity index (χ0n) is 18.4. The summed E-state index contributed by atoms with van der Waals surface area (Å²) >= 11 is 0. The summed E-state index contributed by atoms with van der Waals surface area (Å²) in [5.74, 6) is -1.61. The molecule has 1 saturated heterocycles. The van der Waals surface area contributed by atoms with Crippen molar-refractivity contribution < 1.29 is 28.3 Å². The number of methoxy groups -OCH3 is 1. The van der Waals surface area contributed by atoms with Gasteiger partial charge in [0.15, 0.2) is 14.1 Å². The van der Waals surface area contributed by atoms with Crippen molar-refractivity contribution in [2.75, 3.05) is 7.11 Å². The molecule has 2 fully saturated rings. The molecule has 0 spiro atoms. The van der Waals surface area contributed by atoms with Crippen molar-refractivity contribution in [2.24, 2.45) is 22.7 Å². The Morgan fingerprint density at radius 2 is 1.83 bits per heavy atom. The van der Waals surface area contributed by atoms with Gasteiger partial charge in [0.25, 0.3) is 0 Å². The molecule has 1 heterocycles. The van der Waals surface area contributed by atoms with Crippen molar-refractivity contribution in [3.05, 3.63) is 12.2 Å². The quantitative estimate of drug-likeness (QED) is 0.354. The first-order valence-corrected chi connectivity index (χ1v) is 13.3. The number of hydrogen-bond donors (Lipinski definition) is 0. The monoisotopic (exact) mass is 422 g/mol. The Morgan fingerprint density at radius 1 is 1.21 bits per heavy atom. The third-order valence-corrected chi connectivity index (χ3v) is 12.6. The van der Waals surface area contributed by atoms with Crippen LogP contribution in [0.4, 0.5) is 0 Å². The number of ether oxygens (including phenoxy) is 2. The second-order valence-electron chi connectivity index (χ2n) is 9.25. The van der Waals surface area contributed by atoms with Crippen LogP contribution >= 0.6 is 0 Å². The van der Waals surface area contributed by atoms with E-state index in [2.05, 4.69) is 20.8 Å². The summed E-state index contributed by atoms with van der Waals surface area (Å²) < 4.78 is 17.4. The molecule has 0 bridgehead atoms. The lowest BCUT2D eigenvalue weighted by molar-refractivity contribution is -0.164. The van der Waals surface area contributed by atoms with Crippen LogP contribution < -0.4 is 0 Å². The zero-order valence-corrected chi connectivity index (χ0v) is 19.4. The molecule has 0 amide bonds. The van der Waals surface area contributed by atoms with Gasteiger partial charge in [-0.3, -0.25) is 14.4 Å². The van der Waals surface area contributed by atoms with E-state index in [4.69, 9.17) is 13.9 Å². The third-order valence-electron chi connectivity index (χ3n) is 7.99. The first-order valence-electron chi connectivity index (χ1n) is 10.8. The number of allylic oxidation sites excluding steroid dienone is 2. The van der Waals surface area contributed by atoms with Crippen LogP contribution in [0.1, 0.15) is 47.5 Å². The summed E-state index contributed by atoms with van der Waals surface area (Å²) in [6.45, 7) is 10.2. The van der Waals surface area contributed by atoms with E-state index in [1.165, 1.54) is 7.11 Å². The fourth-order valence-electron chi connectivity index (χ4n) is 5.93. The number of carbonyl (C=O) groups is 3. The summed E-state index contributed by atoms with van der Waals surface area (Å²) in [6.07, 6.45) is 3.14. The Morgan fingerprint density at radius 3 is 2.38 bits per heavy atom. The van der Waals surface area contributed by atoms with Crippen molar-refractivity contribution in [3.63, 3.8) is 0 Å². The van der Waals surface area contributed by atoms with Crippen molar-refractivity contribution in [1.82, 2.24) is 0 Å². The van der Waals surface area contributed by atoms with E-state index in [1.54, 1.807) is 0 Å². The van der Waals surface area contributed by atoms with Gasteiger partial charge >= 0.3 is 11.9 Å². The predicted octanol–water partition coefficient (Wildman–Crippen LogP) is 3.65. The van der Waals surface area contributed by atoms with Crippen molar-refractivity contribution in [1.29, 1.82) is 0 Å². The Balaban J connectivity index is 2.10.